The van der Waals surface area contributed by atoms with Gasteiger partial charge in [-0.05, 0) is 41.3 Å². The summed E-state index contributed by atoms with van der Waals surface area (Å²) in [5.41, 5.74) is 3.01. The zero-order valence-corrected chi connectivity index (χ0v) is 27.7. The molecule has 0 bridgehead atoms. The molecule has 3 amide bonds. The van der Waals surface area contributed by atoms with Crippen LogP contribution in [0.2, 0.25) is 10.0 Å². The molecule has 4 aromatic rings. The number of halogens is 2. The fourth-order valence-electron chi connectivity index (χ4n) is 4.77. The van der Waals surface area contributed by atoms with Gasteiger partial charge in [0.15, 0.2) is 5.96 Å². The molecule has 0 saturated heterocycles. The number of anilines is 1. The van der Waals surface area contributed by atoms with Gasteiger partial charge in [-0.25, -0.2) is 4.79 Å². The number of esters is 1. The lowest BCUT2D eigenvalue weighted by Gasteiger charge is -2.19. The maximum absolute atomic E-state index is 13.4. The van der Waals surface area contributed by atoms with Crippen LogP contribution in [0.4, 0.5) is 5.69 Å². The Morgan fingerprint density at radius 1 is 0.857 bits per heavy atom. The van der Waals surface area contributed by atoms with Crippen LogP contribution in [0.5, 0.6) is 0 Å². The largest absolute Gasteiger partial charge is 0.459 e. The molecule has 1 aliphatic heterocycles. The third-order valence-electron chi connectivity index (χ3n) is 7.26. The van der Waals surface area contributed by atoms with E-state index in [2.05, 4.69) is 36.6 Å². The van der Waals surface area contributed by atoms with Crippen LogP contribution < -0.4 is 26.6 Å². The average molecular weight is 703 g/mol. The third-order valence-corrected chi connectivity index (χ3v) is 7.86. The first-order chi connectivity index (χ1) is 23.8. The van der Waals surface area contributed by atoms with Crippen LogP contribution in [-0.4, -0.2) is 66.9 Å². The zero-order valence-electron chi connectivity index (χ0n) is 26.2. The van der Waals surface area contributed by atoms with Crippen molar-refractivity contribution in [3.63, 3.8) is 0 Å². The highest BCUT2D eigenvalue weighted by Crippen LogP contribution is 2.32. The highest BCUT2D eigenvalue weighted by molar-refractivity contribution is 6.40. The second-order valence-corrected chi connectivity index (χ2v) is 11.7. The number of aliphatic imine (C=N–C) groups is 1. The predicted molar refractivity (Wildman–Crippen MR) is 188 cm³/mol. The van der Waals surface area contributed by atoms with Crippen molar-refractivity contribution in [2.45, 2.75) is 19.1 Å². The number of carbonyl (C=O) groups is 4. The molecule has 5 N–H and O–H groups in total. The molecule has 0 unspecified atom stereocenters. The zero-order chi connectivity index (χ0) is 34.6. The Morgan fingerprint density at radius 3 is 2.27 bits per heavy atom. The number of carbonyl (C=O) groups excluding carboxylic acids is 4. The molecular weight excluding hydrogens is 669 g/mol. The lowest BCUT2D eigenvalue weighted by molar-refractivity contribution is -0.147. The molecule has 5 rings (SSSR count). The number of rotatable bonds is 12. The van der Waals surface area contributed by atoms with E-state index < -0.39 is 36.3 Å². The molecule has 1 aromatic heterocycles. The topological polar surface area (TPSA) is 163 Å². The van der Waals surface area contributed by atoms with Gasteiger partial charge in [0.05, 0.1) is 39.6 Å². The molecule has 3 aromatic carbocycles. The monoisotopic (exact) mass is 701 g/mol. The molecule has 1 atom stereocenters. The van der Waals surface area contributed by atoms with Gasteiger partial charge in [0, 0.05) is 25.8 Å². The Hall–Kier alpha value is -5.46. The van der Waals surface area contributed by atoms with Crippen LogP contribution >= 0.6 is 23.2 Å². The van der Waals surface area contributed by atoms with Crippen molar-refractivity contribution >= 4 is 58.5 Å². The van der Waals surface area contributed by atoms with E-state index in [1.807, 2.05) is 36.4 Å². The van der Waals surface area contributed by atoms with E-state index in [0.717, 1.165) is 24.1 Å². The SMILES string of the molecule is O=C(CNC(=O)c1cncc(NC2=NCCCN2)c1)NC[C@H](NC(=O)c1c(Cl)cc(-c2ccccc2)cc1Cl)C(=O)OCc1ccccc1. The van der Waals surface area contributed by atoms with Crippen molar-refractivity contribution in [3.05, 3.63) is 118 Å². The number of hydrogen-bond acceptors (Lipinski definition) is 9. The number of ether oxygens (including phenoxy) is 1. The summed E-state index contributed by atoms with van der Waals surface area (Å²) >= 11 is 13.0. The molecule has 0 spiro atoms. The van der Waals surface area contributed by atoms with Gasteiger partial charge < -0.3 is 31.3 Å². The number of nitrogens with one attached hydrogen (secondary N) is 5. The van der Waals surface area contributed by atoms with Gasteiger partial charge in [-0.15, -0.1) is 0 Å². The Balaban J connectivity index is 1.21. The number of benzene rings is 3. The predicted octanol–water partition coefficient (Wildman–Crippen LogP) is 4.20. The van der Waals surface area contributed by atoms with Crippen molar-refractivity contribution in [2.24, 2.45) is 4.99 Å². The van der Waals surface area contributed by atoms with Crippen molar-refractivity contribution in [2.75, 3.05) is 31.5 Å². The summed E-state index contributed by atoms with van der Waals surface area (Å²) in [5, 5.41) is 14.0. The van der Waals surface area contributed by atoms with E-state index in [9.17, 15) is 19.2 Å². The molecule has 49 heavy (non-hydrogen) atoms. The summed E-state index contributed by atoms with van der Waals surface area (Å²) in [6.07, 6.45) is 3.85. The van der Waals surface area contributed by atoms with Crippen molar-refractivity contribution in [1.82, 2.24) is 26.3 Å². The average Bonchev–Trinajstić information content (AvgIpc) is 3.12. The number of hydrogen-bond donors (Lipinski definition) is 5. The van der Waals surface area contributed by atoms with Crippen molar-refractivity contribution in [1.29, 1.82) is 0 Å². The fraction of sp³-hybridized carbons (Fsp3) is 0.200. The van der Waals surface area contributed by atoms with Gasteiger partial charge in [0.25, 0.3) is 11.8 Å². The van der Waals surface area contributed by atoms with Crippen molar-refractivity contribution in [3.8, 4) is 11.1 Å². The van der Waals surface area contributed by atoms with Crippen LogP contribution in [0.25, 0.3) is 11.1 Å². The fourth-order valence-corrected chi connectivity index (χ4v) is 5.43. The molecule has 12 nitrogen and oxygen atoms in total. The highest BCUT2D eigenvalue weighted by Gasteiger charge is 2.26. The molecule has 0 saturated carbocycles. The van der Waals surface area contributed by atoms with Crippen LogP contribution in [0.3, 0.4) is 0 Å². The summed E-state index contributed by atoms with van der Waals surface area (Å²) in [5.74, 6) is -2.12. The van der Waals surface area contributed by atoms with E-state index in [1.54, 1.807) is 48.7 Å². The number of nitrogens with zero attached hydrogens (tertiary/aromatic N) is 2. The van der Waals surface area contributed by atoms with Crippen molar-refractivity contribution < 1.29 is 23.9 Å². The molecule has 0 radical (unpaired) electrons. The second kappa shape index (κ2) is 17.1. The summed E-state index contributed by atoms with van der Waals surface area (Å²) in [6.45, 7) is 0.656. The number of pyridine rings is 1. The standard InChI is InChI=1S/C35H33Cl2N7O5/c36-27-15-24(23-10-5-2-6-11-23)16-28(37)31(27)33(47)44-29(34(48)49-21-22-8-3-1-4-9-22)19-41-30(45)20-42-32(46)25-14-26(18-38-17-25)43-35-39-12-7-13-40-35/h1-6,8-11,14-18,29H,7,12-13,19-21H2,(H,41,45)(H,42,46)(H,44,47)(H2,39,40,43)/t29-/m0/s1. The smallest absolute Gasteiger partial charge is 0.330 e. The van der Waals surface area contributed by atoms with E-state index in [4.69, 9.17) is 27.9 Å². The minimum absolute atomic E-state index is 0.0425. The highest BCUT2D eigenvalue weighted by atomic mass is 35.5. The second-order valence-electron chi connectivity index (χ2n) is 10.9. The molecule has 252 valence electrons. The van der Waals surface area contributed by atoms with Crippen LogP contribution in [0, 0.1) is 0 Å². The molecule has 2 heterocycles. The summed E-state index contributed by atoms with van der Waals surface area (Å²) in [7, 11) is 0. The van der Waals surface area contributed by atoms with E-state index >= 15 is 0 Å². The summed E-state index contributed by atoms with van der Waals surface area (Å²) in [4.78, 5) is 60.6. The summed E-state index contributed by atoms with van der Waals surface area (Å²) in [6, 6.07) is 21.8. The maximum atomic E-state index is 13.4. The van der Waals surface area contributed by atoms with E-state index in [-0.39, 0.29) is 34.3 Å². The number of guanidine groups is 1. The minimum Gasteiger partial charge on any atom is -0.459 e. The van der Waals surface area contributed by atoms with Gasteiger partial charge in [-0.2, -0.15) is 0 Å². The first-order valence-corrected chi connectivity index (χ1v) is 16.1. The molecular formula is C35H33Cl2N7O5. The van der Waals surface area contributed by atoms with Gasteiger partial charge >= 0.3 is 5.97 Å². The number of amides is 3. The molecule has 0 fully saturated rings. The molecule has 1 aliphatic rings. The lowest BCUT2D eigenvalue weighted by Crippen LogP contribution is -2.50. The number of aromatic nitrogens is 1. The van der Waals surface area contributed by atoms with E-state index in [0.29, 0.717) is 23.8 Å². The Bertz CT molecular complexity index is 1820. The quantitative estimate of drug-likeness (QED) is 0.137. The Labute approximate surface area is 292 Å². The molecule has 14 heteroatoms. The first-order valence-electron chi connectivity index (χ1n) is 15.4. The van der Waals surface area contributed by atoms with Gasteiger partial charge in [-0.1, -0.05) is 83.9 Å². The molecule has 0 aliphatic carbocycles. The van der Waals surface area contributed by atoms with Gasteiger partial charge in [-0.3, -0.25) is 24.4 Å². The first kappa shape index (κ1) is 34.9. The maximum Gasteiger partial charge on any atom is 0.330 e. The summed E-state index contributed by atoms with van der Waals surface area (Å²) < 4.78 is 5.45. The third kappa shape index (κ3) is 10.0. The van der Waals surface area contributed by atoms with Gasteiger partial charge in [0.1, 0.15) is 12.6 Å². The Morgan fingerprint density at radius 2 is 1.57 bits per heavy atom. The Kier molecular flexibility index (Phi) is 12.2. The van der Waals surface area contributed by atoms with E-state index in [1.165, 1.54) is 6.20 Å². The van der Waals surface area contributed by atoms with Crippen LogP contribution in [-0.2, 0) is 20.9 Å². The van der Waals surface area contributed by atoms with Crippen LogP contribution in [0.1, 0.15) is 32.7 Å². The minimum atomic E-state index is -1.32. The normalized spacial score (nSPS) is 12.8. The van der Waals surface area contributed by atoms with Gasteiger partial charge in [0.2, 0.25) is 5.91 Å². The van der Waals surface area contributed by atoms with Crippen LogP contribution in [0.15, 0.2) is 96.2 Å². The lowest BCUT2D eigenvalue weighted by atomic mass is 10.0.